The van der Waals surface area contributed by atoms with Gasteiger partial charge in [0.1, 0.15) is 11.3 Å². The first-order valence-corrected chi connectivity index (χ1v) is 7.34. The summed E-state index contributed by atoms with van der Waals surface area (Å²) in [7, 11) is 0. The Bertz CT molecular complexity index is 653. The molecule has 0 unspecified atom stereocenters. The fourth-order valence-electron chi connectivity index (χ4n) is 2.18. The first-order chi connectivity index (χ1) is 10.5. The van der Waals surface area contributed by atoms with Crippen molar-refractivity contribution in [3.63, 3.8) is 0 Å². The lowest BCUT2D eigenvalue weighted by atomic mass is 10.1. The molecule has 2 aliphatic heterocycles. The molecule has 0 aliphatic carbocycles. The Morgan fingerprint density at radius 1 is 1.14 bits per heavy atom. The second-order valence-electron chi connectivity index (χ2n) is 4.70. The second kappa shape index (κ2) is 5.93. The maximum absolute atomic E-state index is 11.7. The number of anilines is 1. The minimum atomic E-state index is -0.832. The molecule has 2 N–H and O–H groups in total. The summed E-state index contributed by atoms with van der Waals surface area (Å²) in [4.78, 5) is 36.3. The number of nitrogens with one attached hydrogen (secondary N) is 2. The van der Waals surface area contributed by atoms with Crippen molar-refractivity contribution >= 4 is 45.7 Å². The zero-order chi connectivity index (χ0) is 15.7. The van der Waals surface area contributed by atoms with Crippen molar-refractivity contribution < 1.29 is 23.5 Å². The number of rotatable bonds is 2. The summed E-state index contributed by atoms with van der Waals surface area (Å²) in [6, 6.07) is 0.830. The largest absolute Gasteiger partial charge is 0.440 e. The van der Waals surface area contributed by atoms with Crippen LogP contribution < -0.4 is 15.5 Å². The minimum Gasteiger partial charge on any atom is -0.440 e. The molecule has 1 aromatic rings. The molecule has 0 atom stereocenters. The number of halogens is 1. The van der Waals surface area contributed by atoms with Crippen molar-refractivity contribution in [2.45, 2.75) is 0 Å². The van der Waals surface area contributed by atoms with Crippen LogP contribution >= 0.6 is 15.9 Å². The number of furan rings is 1. The molecule has 0 saturated carbocycles. The Hall–Kier alpha value is -2.13. The van der Waals surface area contributed by atoms with Gasteiger partial charge in [-0.25, -0.2) is 4.79 Å². The molecule has 2 aliphatic rings. The van der Waals surface area contributed by atoms with Crippen LogP contribution in [0.5, 0.6) is 0 Å². The lowest BCUT2D eigenvalue weighted by molar-refractivity contribution is -0.123. The van der Waals surface area contributed by atoms with Crippen molar-refractivity contribution in [1.82, 2.24) is 10.6 Å². The summed E-state index contributed by atoms with van der Waals surface area (Å²) < 4.78 is 11.7. The molecule has 2 saturated heterocycles. The monoisotopic (exact) mass is 369 g/mol. The van der Waals surface area contributed by atoms with Gasteiger partial charge in [0.25, 0.3) is 11.8 Å². The fourth-order valence-corrected chi connectivity index (χ4v) is 2.74. The summed E-state index contributed by atoms with van der Waals surface area (Å²) in [5.41, 5.74) is -0.186. The molecule has 0 radical (unpaired) electrons. The third kappa shape index (κ3) is 2.90. The van der Waals surface area contributed by atoms with E-state index >= 15 is 0 Å². The normalized spacial score (nSPS) is 19.0. The van der Waals surface area contributed by atoms with Crippen molar-refractivity contribution in [3.05, 3.63) is 21.9 Å². The van der Waals surface area contributed by atoms with Gasteiger partial charge < -0.3 is 14.1 Å². The van der Waals surface area contributed by atoms with Crippen LogP contribution in [0.25, 0.3) is 6.08 Å². The van der Waals surface area contributed by atoms with Gasteiger partial charge in [0.2, 0.25) is 5.88 Å². The standard InChI is InChI=1S/C13H12BrN3O5/c14-9-6-7(22-12(9)17-1-3-21-4-2-17)5-8-10(18)15-13(20)16-11(8)19/h5-6H,1-4H2,(H2,15,16,18,19,20). The minimum absolute atomic E-state index is 0.186. The number of hydrogen-bond acceptors (Lipinski definition) is 6. The zero-order valence-electron chi connectivity index (χ0n) is 11.3. The number of urea groups is 1. The Kier molecular flexibility index (Phi) is 3.99. The molecule has 0 aromatic carbocycles. The molecule has 9 heteroatoms. The number of imide groups is 2. The number of ether oxygens (including phenoxy) is 1. The number of barbiturate groups is 1. The van der Waals surface area contributed by atoms with E-state index in [-0.39, 0.29) is 5.57 Å². The molecule has 3 rings (SSSR count). The molecule has 3 heterocycles. The van der Waals surface area contributed by atoms with Crippen LogP contribution in [0.2, 0.25) is 0 Å². The first-order valence-electron chi connectivity index (χ1n) is 6.55. The molecule has 2 fully saturated rings. The van der Waals surface area contributed by atoms with Crippen LogP contribution in [0.15, 0.2) is 20.5 Å². The van der Waals surface area contributed by atoms with Crippen LogP contribution in [0.3, 0.4) is 0 Å². The van der Waals surface area contributed by atoms with Gasteiger partial charge in [0.15, 0.2) is 0 Å². The maximum Gasteiger partial charge on any atom is 0.328 e. The zero-order valence-corrected chi connectivity index (χ0v) is 12.9. The Morgan fingerprint density at radius 2 is 1.77 bits per heavy atom. The molecule has 0 bridgehead atoms. The van der Waals surface area contributed by atoms with E-state index in [0.29, 0.717) is 42.4 Å². The topological polar surface area (TPSA) is 101 Å². The predicted molar refractivity (Wildman–Crippen MR) is 79.1 cm³/mol. The lowest BCUT2D eigenvalue weighted by Gasteiger charge is -2.26. The molecule has 8 nitrogen and oxygen atoms in total. The average molecular weight is 370 g/mol. The van der Waals surface area contributed by atoms with Gasteiger partial charge in [-0.15, -0.1) is 0 Å². The summed E-state index contributed by atoms with van der Waals surface area (Å²) in [5.74, 6) is -0.561. The number of hydrogen-bond donors (Lipinski definition) is 2. The molecule has 1 aromatic heterocycles. The van der Waals surface area contributed by atoms with Crippen LogP contribution in [0.4, 0.5) is 10.7 Å². The third-order valence-corrected chi connectivity index (χ3v) is 3.78. The van der Waals surface area contributed by atoms with Crippen molar-refractivity contribution in [2.75, 3.05) is 31.2 Å². The van der Waals surface area contributed by atoms with E-state index in [1.165, 1.54) is 6.08 Å². The van der Waals surface area contributed by atoms with Gasteiger partial charge in [0.05, 0.1) is 17.7 Å². The third-order valence-electron chi connectivity index (χ3n) is 3.22. The van der Waals surface area contributed by atoms with Crippen molar-refractivity contribution in [2.24, 2.45) is 0 Å². The second-order valence-corrected chi connectivity index (χ2v) is 5.55. The van der Waals surface area contributed by atoms with Gasteiger partial charge in [0, 0.05) is 19.2 Å². The highest BCUT2D eigenvalue weighted by atomic mass is 79.9. The number of carbonyl (C=O) groups is 3. The summed E-state index contributed by atoms with van der Waals surface area (Å²) in [6.07, 6.45) is 1.30. The van der Waals surface area contributed by atoms with E-state index in [0.717, 1.165) is 0 Å². The fraction of sp³-hybridized carbons (Fsp3) is 0.308. The van der Waals surface area contributed by atoms with Gasteiger partial charge in [-0.05, 0) is 22.0 Å². The van der Waals surface area contributed by atoms with E-state index in [2.05, 4.69) is 15.9 Å². The van der Waals surface area contributed by atoms with Gasteiger partial charge >= 0.3 is 6.03 Å². The Balaban J connectivity index is 1.86. The van der Waals surface area contributed by atoms with Crippen LogP contribution in [0.1, 0.15) is 5.76 Å². The SMILES string of the molecule is O=C1NC(=O)C(=Cc2cc(Br)c(N3CCOCC3)o2)C(=O)N1. The molecular formula is C13H12BrN3O5. The Morgan fingerprint density at radius 3 is 2.41 bits per heavy atom. The van der Waals surface area contributed by atoms with Gasteiger partial charge in [-0.3, -0.25) is 20.2 Å². The molecule has 22 heavy (non-hydrogen) atoms. The summed E-state index contributed by atoms with van der Waals surface area (Å²) in [5, 5.41) is 4.01. The van der Waals surface area contributed by atoms with Gasteiger partial charge in [-0.1, -0.05) is 0 Å². The predicted octanol–water partition coefficient (Wildman–Crippen LogP) is 0.628. The highest BCUT2D eigenvalue weighted by Crippen LogP contribution is 2.32. The van der Waals surface area contributed by atoms with Crippen molar-refractivity contribution in [1.29, 1.82) is 0 Å². The smallest absolute Gasteiger partial charge is 0.328 e. The number of amides is 4. The summed E-state index contributed by atoms with van der Waals surface area (Å²) in [6.45, 7) is 2.60. The lowest BCUT2D eigenvalue weighted by Crippen LogP contribution is -2.51. The number of morpholine rings is 1. The van der Waals surface area contributed by atoms with Crippen molar-refractivity contribution in [3.8, 4) is 0 Å². The Labute approximate surface area is 133 Å². The van der Waals surface area contributed by atoms with E-state index in [1.807, 2.05) is 15.5 Å². The van der Waals surface area contributed by atoms with Gasteiger partial charge in [-0.2, -0.15) is 0 Å². The molecule has 0 spiro atoms. The highest BCUT2D eigenvalue weighted by molar-refractivity contribution is 9.10. The molecule has 116 valence electrons. The number of carbonyl (C=O) groups excluding carboxylic acids is 3. The van der Waals surface area contributed by atoms with E-state index in [4.69, 9.17) is 9.15 Å². The van der Waals surface area contributed by atoms with E-state index in [1.54, 1.807) is 6.07 Å². The molecule has 4 amide bonds. The number of nitrogens with zero attached hydrogens (tertiary/aromatic N) is 1. The van der Waals surface area contributed by atoms with Crippen LogP contribution in [0, 0.1) is 0 Å². The van der Waals surface area contributed by atoms with E-state index < -0.39 is 17.8 Å². The molecular weight excluding hydrogens is 358 g/mol. The van der Waals surface area contributed by atoms with E-state index in [9.17, 15) is 14.4 Å². The van der Waals surface area contributed by atoms with Crippen LogP contribution in [-0.4, -0.2) is 44.1 Å². The summed E-state index contributed by atoms with van der Waals surface area (Å²) >= 11 is 3.40. The van der Waals surface area contributed by atoms with Crippen LogP contribution in [-0.2, 0) is 14.3 Å². The average Bonchev–Trinajstić information content (AvgIpc) is 2.84. The highest BCUT2D eigenvalue weighted by Gasteiger charge is 2.28. The first kappa shape index (κ1) is 14.8. The maximum atomic E-state index is 11.7. The quantitative estimate of drug-likeness (QED) is 0.585.